The maximum Gasteiger partial charge on any atom is 0.311 e. The minimum absolute atomic E-state index is 0.0419. The van der Waals surface area contributed by atoms with Crippen molar-refractivity contribution in [2.75, 3.05) is 37.6 Å². The van der Waals surface area contributed by atoms with Gasteiger partial charge in [-0.15, -0.1) is 0 Å². The molecule has 158 valence electrons. The number of nitrogens with one attached hydrogen (secondary N) is 1. The molecule has 1 N–H and O–H groups in total. The molecule has 2 amide bonds. The molecule has 9 heteroatoms. The first kappa shape index (κ1) is 21.6. The Hall–Kier alpha value is -3.07. The fourth-order valence-electron chi connectivity index (χ4n) is 3.09. The third kappa shape index (κ3) is 5.10. The lowest BCUT2D eigenvalue weighted by Gasteiger charge is -2.16. The van der Waals surface area contributed by atoms with Crippen molar-refractivity contribution in [3.05, 3.63) is 46.9 Å². The Morgan fingerprint density at radius 1 is 1.13 bits per heavy atom. The summed E-state index contributed by atoms with van der Waals surface area (Å²) in [6.45, 7) is -0.257. The number of carbonyl (C=O) groups excluding carboxylic acids is 3. The Balaban J connectivity index is 1.55. The SMILES string of the molecule is COc1ccc(OC)c(NC(=O)COC(=O)[C@H]2CC(=O)N(c3ccc(Br)cc3)C2)c1. The molecule has 0 radical (unpaired) electrons. The quantitative estimate of drug-likeness (QED) is 0.617. The van der Waals surface area contributed by atoms with Crippen LogP contribution in [-0.2, 0) is 19.1 Å². The van der Waals surface area contributed by atoms with Gasteiger partial charge in [-0.1, -0.05) is 15.9 Å². The molecule has 0 bridgehead atoms. The van der Waals surface area contributed by atoms with Gasteiger partial charge >= 0.3 is 5.97 Å². The molecule has 0 unspecified atom stereocenters. The van der Waals surface area contributed by atoms with E-state index in [2.05, 4.69) is 21.2 Å². The van der Waals surface area contributed by atoms with Crippen LogP contribution in [0.1, 0.15) is 6.42 Å². The van der Waals surface area contributed by atoms with Crippen molar-refractivity contribution in [2.24, 2.45) is 5.92 Å². The Morgan fingerprint density at radius 2 is 1.87 bits per heavy atom. The van der Waals surface area contributed by atoms with Crippen LogP contribution in [0.25, 0.3) is 0 Å². The number of methoxy groups -OCH3 is 2. The fraction of sp³-hybridized carbons (Fsp3) is 0.286. The first-order valence-corrected chi connectivity index (χ1v) is 9.95. The van der Waals surface area contributed by atoms with Crippen LogP contribution >= 0.6 is 15.9 Å². The lowest BCUT2D eigenvalue weighted by atomic mass is 10.1. The van der Waals surface area contributed by atoms with Crippen molar-refractivity contribution >= 4 is 45.1 Å². The number of esters is 1. The minimum Gasteiger partial charge on any atom is -0.497 e. The Bertz CT molecular complexity index is 947. The normalized spacial score (nSPS) is 15.6. The predicted octanol–water partition coefficient (Wildman–Crippen LogP) is 3.00. The van der Waals surface area contributed by atoms with E-state index in [9.17, 15) is 14.4 Å². The number of anilines is 2. The van der Waals surface area contributed by atoms with Crippen LogP contribution in [0.15, 0.2) is 46.9 Å². The van der Waals surface area contributed by atoms with E-state index >= 15 is 0 Å². The molecule has 1 saturated heterocycles. The highest BCUT2D eigenvalue weighted by atomic mass is 79.9. The van der Waals surface area contributed by atoms with Crippen molar-refractivity contribution in [3.63, 3.8) is 0 Å². The third-order valence-electron chi connectivity index (χ3n) is 4.62. The molecule has 2 aromatic carbocycles. The molecule has 0 saturated carbocycles. The fourth-order valence-corrected chi connectivity index (χ4v) is 3.35. The van der Waals surface area contributed by atoms with Gasteiger partial charge in [-0.25, -0.2) is 0 Å². The Labute approximate surface area is 182 Å². The second kappa shape index (κ2) is 9.62. The van der Waals surface area contributed by atoms with Gasteiger partial charge in [0, 0.05) is 29.2 Å². The minimum atomic E-state index is -0.625. The third-order valence-corrected chi connectivity index (χ3v) is 5.15. The summed E-state index contributed by atoms with van der Waals surface area (Å²) in [6.07, 6.45) is 0.0419. The highest BCUT2D eigenvalue weighted by Crippen LogP contribution is 2.29. The summed E-state index contributed by atoms with van der Waals surface area (Å²) in [5.41, 5.74) is 1.11. The standard InChI is InChI=1S/C21H21BrN2O6/c1-28-16-7-8-18(29-2)17(10-16)23-19(25)12-30-21(27)13-9-20(26)24(11-13)15-5-3-14(22)4-6-15/h3-8,10,13H,9,11-12H2,1-2H3,(H,23,25)/t13-/m0/s1. The Morgan fingerprint density at radius 3 is 2.53 bits per heavy atom. The largest absolute Gasteiger partial charge is 0.497 e. The topological polar surface area (TPSA) is 94.2 Å². The zero-order valence-corrected chi connectivity index (χ0v) is 18.1. The van der Waals surface area contributed by atoms with Gasteiger partial charge in [-0.2, -0.15) is 0 Å². The molecule has 1 fully saturated rings. The summed E-state index contributed by atoms with van der Waals surface area (Å²) in [7, 11) is 2.99. The van der Waals surface area contributed by atoms with E-state index in [1.54, 1.807) is 35.2 Å². The number of ether oxygens (including phenoxy) is 3. The molecule has 3 rings (SSSR count). The monoisotopic (exact) mass is 476 g/mol. The summed E-state index contributed by atoms with van der Waals surface area (Å²) in [5, 5.41) is 2.63. The van der Waals surface area contributed by atoms with Crippen LogP contribution in [0.2, 0.25) is 0 Å². The van der Waals surface area contributed by atoms with E-state index in [1.807, 2.05) is 12.1 Å². The van der Waals surface area contributed by atoms with Crippen LogP contribution in [0.5, 0.6) is 11.5 Å². The lowest BCUT2D eigenvalue weighted by molar-refractivity contribution is -0.151. The average Bonchev–Trinajstić information content (AvgIpc) is 3.14. The second-order valence-corrected chi connectivity index (χ2v) is 7.52. The van der Waals surface area contributed by atoms with Crippen molar-refractivity contribution < 1.29 is 28.6 Å². The van der Waals surface area contributed by atoms with E-state index in [1.165, 1.54) is 14.2 Å². The number of nitrogens with zero attached hydrogens (tertiary/aromatic N) is 1. The average molecular weight is 477 g/mol. The number of rotatable bonds is 7. The molecule has 1 atom stereocenters. The Kier molecular flexibility index (Phi) is 6.94. The van der Waals surface area contributed by atoms with Crippen LogP contribution in [0, 0.1) is 5.92 Å². The molecule has 2 aromatic rings. The molecule has 0 spiro atoms. The molecule has 0 aromatic heterocycles. The van der Waals surface area contributed by atoms with Crippen LogP contribution in [0.4, 0.5) is 11.4 Å². The molecular weight excluding hydrogens is 456 g/mol. The number of carbonyl (C=O) groups is 3. The first-order chi connectivity index (χ1) is 14.4. The van der Waals surface area contributed by atoms with E-state index < -0.39 is 24.4 Å². The maximum absolute atomic E-state index is 12.4. The summed E-state index contributed by atoms with van der Waals surface area (Å²) < 4.78 is 16.4. The summed E-state index contributed by atoms with van der Waals surface area (Å²) in [5.74, 6) is -0.910. The summed E-state index contributed by atoms with van der Waals surface area (Å²) in [4.78, 5) is 38.4. The van der Waals surface area contributed by atoms with Gasteiger partial charge in [0.15, 0.2) is 6.61 Å². The van der Waals surface area contributed by atoms with E-state index in [-0.39, 0.29) is 18.9 Å². The smallest absolute Gasteiger partial charge is 0.311 e. The van der Waals surface area contributed by atoms with Gasteiger partial charge in [0.2, 0.25) is 5.91 Å². The molecule has 1 heterocycles. The number of hydrogen-bond donors (Lipinski definition) is 1. The van der Waals surface area contributed by atoms with Crippen molar-refractivity contribution in [1.82, 2.24) is 0 Å². The van der Waals surface area contributed by atoms with E-state index in [0.717, 1.165) is 4.47 Å². The van der Waals surface area contributed by atoms with Crippen molar-refractivity contribution in [2.45, 2.75) is 6.42 Å². The number of amides is 2. The van der Waals surface area contributed by atoms with Gasteiger partial charge < -0.3 is 24.4 Å². The van der Waals surface area contributed by atoms with Crippen molar-refractivity contribution in [1.29, 1.82) is 0 Å². The van der Waals surface area contributed by atoms with Gasteiger partial charge in [0.05, 0.1) is 25.8 Å². The summed E-state index contributed by atoms with van der Waals surface area (Å²) >= 11 is 3.35. The van der Waals surface area contributed by atoms with Crippen LogP contribution in [-0.4, -0.2) is 45.2 Å². The number of benzene rings is 2. The molecule has 0 aliphatic carbocycles. The van der Waals surface area contributed by atoms with Crippen LogP contribution < -0.4 is 19.7 Å². The molecule has 30 heavy (non-hydrogen) atoms. The second-order valence-electron chi connectivity index (χ2n) is 6.60. The van der Waals surface area contributed by atoms with Crippen molar-refractivity contribution in [3.8, 4) is 11.5 Å². The van der Waals surface area contributed by atoms with Crippen LogP contribution in [0.3, 0.4) is 0 Å². The number of hydrogen-bond acceptors (Lipinski definition) is 6. The van der Waals surface area contributed by atoms with Gasteiger partial charge in [0.25, 0.3) is 5.91 Å². The van der Waals surface area contributed by atoms with Gasteiger partial charge in [0.1, 0.15) is 11.5 Å². The zero-order chi connectivity index (χ0) is 21.7. The number of halogens is 1. The zero-order valence-electron chi connectivity index (χ0n) is 16.5. The molecule has 1 aliphatic heterocycles. The molecule has 8 nitrogen and oxygen atoms in total. The van der Waals surface area contributed by atoms with Gasteiger partial charge in [-0.3, -0.25) is 14.4 Å². The van der Waals surface area contributed by atoms with E-state index in [0.29, 0.717) is 22.9 Å². The highest BCUT2D eigenvalue weighted by Gasteiger charge is 2.36. The summed E-state index contributed by atoms with van der Waals surface area (Å²) in [6, 6.07) is 12.2. The lowest BCUT2D eigenvalue weighted by Crippen LogP contribution is -2.28. The van der Waals surface area contributed by atoms with E-state index in [4.69, 9.17) is 14.2 Å². The molecular formula is C21H21BrN2O6. The molecule has 1 aliphatic rings. The highest BCUT2D eigenvalue weighted by molar-refractivity contribution is 9.10. The maximum atomic E-state index is 12.4. The first-order valence-electron chi connectivity index (χ1n) is 9.15. The predicted molar refractivity (Wildman–Crippen MR) is 114 cm³/mol. The van der Waals surface area contributed by atoms with Gasteiger partial charge in [-0.05, 0) is 36.4 Å².